The van der Waals surface area contributed by atoms with E-state index in [0.29, 0.717) is 12.1 Å². The molecule has 3 aromatic heterocycles. The molecule has 6 nitrogen and oxygen atoms in total. The standard InChI is InChI=1S/C17H21N5O/c1-3-15-13(2)22-11-14(5-6-16(22)20-15)17(23)19-7-4-9-21-10-8-18-12-21/h5-6,8,10-12H,3-4,7,9H2,1-2H3,(H,19,23). The number of aryl methyl sites for hydroxylation is 3. The SMILES string of the molecule is CCc1nc2ccc(C(=O)NCCCn3ccnc3)cn2c1C. The lowest BCUT2D eigenvalue weighted by Crippen LogP contribution is -2.25. The fraction of sp³-hybridized carbons (Fsp3) is 0.353. The van der Waals surface area contributed by atoms with Crippen molar-refractivity contribution in [1.82, 2.24) is 24.3 Å². The largest absolute Gasteiger partial charge is 0.352 e. The summed E-state index contributed by atoms with van der Waals surface area (Å²) < 4.78 is 3.98. The van der Waals surface area contributed by atoms with E-state index in [-0.39, 0.29) is 5.91 Å². The molecule has 0 atom stereocenters. The van der Waals surface area contributed by atoms with Crippen molar-refractivity contribution in [2.24, 2.45) is 0 Å². The third kappa shape index (κ3) is 3.26. The maximum Gasteiger partial charge on any atom is 0.252 e. The summed E-state index contributed by atoms with van der Waals surface area (Å²) in [7, 11) is 0. The van der Waals surface area contributed by atoms with Crippen LogP contribution in [0.5, 0.6) is 0 Å². The first-order valence-electron chi connectivity index (χ1n) is 7.90. The molecule has 3 heterocycles. The number of pyridine rings is 1. The minimum atomic E-state index is -0.0521. The predicted octanol–water partition coefficient (Wildman–Crippen LogP) is 2.22. The van der Waals surface area contributed by atoms with Crippen LogP contribution < -0.4 is 5.32 Å². The number of nitrogens with one attached hydrogen (secondary N) is 1. The molecule has 0 aromatic carbocycles. The number of hydrogen-bond acceptors (Lipinski definition) is 3. The van der Waals surface area contributed by atoms with Crippen molar-refractivity contribution < 1.29 is 4.79 Å². The second-order valence-electron chi connectivity index (χ2n) is 5.55. The second kappa shape index (κ2) is 6.64. The molecule has 0 aliphatic heterocycles. The molecule has 0 unspecified atom stereocenters. The molecule has 1 amide bonds. The number of hydrogen-bond donors (Lipinski definition) is 1. The van der Waals surface area contributed by atoms with Crippen LogP contribution >= 0.6 is 0 Å². The minimum absolute atomic E-state index is 0.0521. The van der Waals surface area contributed by atoms with Crippen LogP contribution in [0.25, 0.3) is 5.65 Å². The van der Waals surface area contributed by atoms with Gasteiger partial charge in [-0.2, -0.15) is 0 Å². The number of amides is 1. The molecular weight excluding hydrogens is 290 g/mol. The maximum atomic E-state index is 12.3. The Morgan fingerprint density at radius 2 is 2.22 bits per heavy atom. The van der Waals surface area contributed by atoms with E-state index >= 15 is 0 Å². The monoisotopic (exact) mass is 311 g/mol. The van der Waals surface area contributed by atoms with E-state index in [1.165, 1.54) is 0 Å². The predicted molar refractivity (Wildman–Crippen MR) is 88.5 cm³/mol. The molecule has 0 bridgehead atoms. The van der Waals surface area contributed by atoms with Gasteiger partial charge in [-0.1, -0.05) is 6.92 Å². The molecule has 0 aliphatic carbocycles. The smallest absolute Gasteiger partial charge is 0.252 e. The normalized spacial score (nSPS) is 11.0. The van der Waals surface area contributed by atoms with Crippen LogP contribution in [0.3, 0.4) is 0 Å². The second-order valence-corrected chi connectivity index (χ2v) is 5.55. The summed E-state index contributed by atoms with van der Waals surface area (Å²) in [5.41, 5.74) is 3.71. The van der Waals surface area contributed by atoms with Crippen LogP contribution in [0.1, 0.15) is 35.1 Å². The molecule has 23 heavy (non-hydrogen) atoms. The lowest BCUT2D eigenvalue weighted by molar-refractivity contribution is 0.0952. The van der Waals surface area contributed by atoms with Crippen molar-refractivity contribution in [2.45, 2.75) is 33.2 Å². The number of aromatic nitrogens is 4. The Kier molecular flexibility index (Phi) is 4.41. The van der Waals surface area contributed by atoms with Crippen LogP contribution in [0.15, 0.2) is 37.1 Å². The zero-order valence-corrected chi connectivity index (χ0v) is 13.5. The molecule has 0 aliphatic rings. The fourth-order valence-electron chi connectivity index (χ4n) is 2.66. The van der Waals surface area contributed by atoms with E-state index in [1.54, 1.807) is 12.5 Å². The summed E-state index contributed by atoms with van der Waals surface area (Å²) in [5.74, 6) is -0.0521. The molecule has 0 saturated carbocycles. The Hall–Kier alpha value is -2.63. The number of carbonyl (C=O) groups excluding carboxylic acids is 1. The van der Waals surface area contributed by atoms with E-state index in [0.717, 1.165) is 36.4 Å². The summed E-state index contributed by atoms with van der Waals surface area (Å²) in [4.78, 5) is 20.8. The van der Waals surface area contributed by atoms with Gasteiger partial charge in [-0.05, 0) is 31.9 Å². The van der Waals surface area contributed by atoms with Crippen molar-refractivity contribution in [1.29, 1.82) is 0 Å². The van der Waals surface area contributed by atoms with E-state index in [1.807, 2.05) is 40.4 Å². The van der Waals surface area contributed by atoms with Crippen LogP contribution in [0, 0.1) is 6.92 Å². The molecule has 6 heteroatoms. The van der Waals surface area contributed by atoms with Gasteiger partial charge in [-0.15, -0.1) is 0 Å². The van der Waals surface area contributed by atoms with Crippen LogP contribution in [-0.2, 0) is 13.0 Å². The molecule has 3 rings (SSSR count). The zero-order chi connectivity index (χ0) is 16.2. The van der Waals surface area contributed by atoms with Crippen molar-refractivity contribution in [3.8, 4) is 0 Å². The van der Waals surface area contributed by atoms with E-state index in [9.17, 15) is 4.79 Å². The van der Waals surface area contributed by atoms with Crippen LogP contribution in [-0.4, -0.2) is 31.4 Å². The average Bonchev–Trinajstić information content (AvgIpc) is 3.19. The number of nitrogens with zero attached hydrogens (tertiary/aromatic N) is 4. The third-order valence-corrected chi connectivity index (χ3v) is 3.99. The fourth-order valence-corrected chi connectivity index (χ4v) is 2.66. The van der Waals surface area contributed by atoms with Crippen molar-refractivity contribution >= 4 is 11.6 Å². The lowest BCUT2D eigenvalue weighted by atomic mass is 10.2. The topological polar surface area (TPSA) is 64.2 Å². The Morgan fingerprint density at radius 1 is 1.35 bits per heavy atom. The number of fused-ring (bicyclic) bond motifs is 1. The van der Waals surface area contributed by atoms with Gasteiger partial charge < -0.3 is 14.3 Å². The van der Waals surface area contributed by atoms with Crippen LogP contribution in [0.4, 0.5) is 0 Å². The van der Waals surface area contributed by atoms with E-state index < -0.39 is 0 Å². The molecule has 0 saturated heterocycles. The molecule has 3 aromatic rings. The Balaban J connectivity index is 1.62. The number of imidazole rings is 2. The molecular formula is C17H21N5O. The van der Waals surface area contributed by atoms with Gasteiger partial charge in [0.2, 0.25) is 0 Å². The summed E-state index contributed by atoms with van der Waals surface area (Å²) >= 11 is 0. The van der Waals surface area contributed by atoms with Gasteiger partial charge in [0.25, 0.3) is 5.91 Å². The summed E-state index contributed by atoms with van der Waals surface area (Å²) in [6.07, 6.45) is 9.08. The number of rotatable bonds is 6. The Morgan fingerprint density at radius 3 is 2.96 bits per heavy atom. The van der Waals surface area contributed by atoms with Gasteiger partial charge in [0.05, 0.1) is 17.6 Å². The highest BCUT2D eigenvalue weighted by Crippen LogP contribution is 2.13. The van der Waals surface area contributed by atoms with Crippen molar-refractivity contribution in [3.05, 3.63) is 54.0 Å². The highest BCUT2D eigenvalue weighted by Gasteiger charge is 2.10. The van der Waals surface area contributed by atoms with Crippen molar-refractivity contribution in [3.63, 3.8) is 0 Å². The van der Waals surface area contributed by atoms with E-state index in [4.69, 9.17) is 0 Å². The number of carbonyl (C=O) groups is 1. The molecule has 0 fully saturated rings. The van der Waals surface area contributed by atoms with Gasteiger partial charge in [-0.25, -0.2) is 9.97 Å². The summed E-state index contributed by atoms with van der Waals surface area (Å²) in [6.45, 7) is 5.60. The molecule has 1 N–H and O–H groups in total. The molecule has 120 valence electrons. The van der Waals surface area contributed by atoms with Crippen molar-refractivity contribution in [2.75, 3.05) is 6.54 Å². The first-order chi connectivity index (χ1) is 11.2. The van der Waals surface area contributed by atoms with Gasteiger partial charge >= 0.3 is 0 Å². The third-order valence-electron chi connectivity index (χ3n) is 3.99. The van der Waals surface area contributed by atoms with Gasteiger partial charge in [0.1, 0.15) is 5.65 Å². The Labute approximate surface area is 135 Å². The highest BCUT2D eigenvalue weighted by atomic mass is 16.1. The highest BCUT2D eigenvalue weighted by molar-refractivity contribution is 5.94. The molecule has 0 radical (unpaired) electrons. The van der Waals surface area contributed by atoms with Gasteiger partial charge in [0, 0.05) is 37.4 Å². The van der Waals surface area contributed by atoms with Gasteiger partial charge in [0.15, 0.2) is 0 Å². The van der Waals surface area contributed by atoms with Crippen LogP contribution in [0.2, 0.25) is 0 Å². The minimum Gasteiger partial charge on any atom is -0.352 e. The maximum absolute atomic E-state index is 12.3. The summed E-state index contributed by atoms with van der Waals surface area (Å²) in [6, 6.07) is 3.72. The van der Waals surface area contributed by atoms with Gasteiger partial charge in [-0.3, -0.25) is 4.79 Å². The summed E-state index contributed by atoms with van der Waals surface area (Å²) in [5, 5.41) is 2.96. The average molecular weight is 311 g/mol. The van der Waals surface area contributed by atoms with E-state index in [2.05, 4.69) is 22.2 Å². The zero-order valence-electron chi connectivity index (χ0n) is 13.5. The quantitative estimate of drug-likeness (QED) is 0.710. The first kappa shape index (κ1) is 15.3. The lowest BCUT2D eigenvalue weighted by Gasteiger charge is -2.07. The molecule has 0 spiro atoms. The Bertz CT molecular complexity index is 804. The first-order valence-corrected chi connectivity index (χ1v) is 7.90.